The van der Waals surface area contributed by atoms with Crippen LogP contribution >= 0.6 is 0 Å². The molecule has 0 amide bonds. The number of halogens is 1. The lowest BCUT2D eigenvalue weighted by atomic mass is 10.2. The minimum Gasteiger partial charge on any atom is -0.313 e. The van der Waals surface area contributed by atoms with E-state index >= 15 is 0 Å². The molecule has 19 heavy (non-hydrogen) atoms. The molecule has 0 radical (unpaired) electrons. The highest BCUT2D eigenvalue weighted by molar-refractivity contribution is 5.90. The van der Waals surface area contributed by atoms with Gasteiger partial charge in [0.25, 0.3) is 5.56 Å². The van der Waals surface area contributed by atoms with Crippen LogP contribution in [0.4, 0.5) is 4.39 Å². The minimum atomic E-state index is -0.361. The molecular formula is C13H11FN4O. The van der Waals surface area contributed by atoms with Crippen LogP contribution in [0.15, 0.2) is 29.1 Å². The molecule has 96 valence electrons. The predicted molar refractivity (Wildman–Crippen MR) is 70.4 cm³/mol. The molecule has 0 atom stereocenters. The van der Waals surface area contributed by atoms with Crippen LogP contribution in [-0.4, -0.2) is 22.0 Å². The van der Waals surface area contributed by atoms with Crippen LogP contribution in [-0.2, 0) is 6.54 Å². The monoisotopic (exact) mass is 258 g/mol. The maximum atomic E-state index is 13.2. The Balaban J connectivity index is 2.35. The van der Waals surface area contributed by atoms with E-state index in [0.29, 0.717) is 34.3 Å². The third-order valence-corrected chi connectivity index (χ3v) is 2.85. The summed E-state index contributed by atoms with van der Waals surface area (Å²) < 4.78 is 13.2. The van der Waals surface area contributed by atoms with Crippen molar-refractivity contribution >= 4 is 21.9 Å². The van der Waals surface area contributed by atoms with Gasteiger partial charge in [-0.1, -0.05) is 0 Å². The SMILES string of the molecule is CNCc1nc2nc3cc(F)ccc3cc2c(=O)[nH]1. The largest absolute Gasteiger partial charge is 0.313 e. The predicted octanol–water partition coefficient (Wildman–Crippen LogP) is 1.33. The summed E-state index contributed by atoms with van der Waals surface area (Å²) in [4.78, 5) is 23.1. The highest BCUT2D eigenvalue weighted by Crippen LogP contribution is 2.17. The van der Waals surface area contributed by atoms with Crippen LogP contribution in [0.25, 0.3) is 21.9 Å². The first-order valence-corrected chi connectivity index (χ1v) is 5.81. The summed E-state index contributed by atoms with van der Waals surface area (Å²) in [5.74, 6) is 0.142. The zero-order valence-electron chi connectivity index (χ0n) is 10.2. The summed E-state index contributed by atoms with van der Waals surface area (Å²) in [6, 6.07) is 5.94. The molecule has 0 fully saturated rings. The smallest absolute Gasteiger partial charge is 0.260 e. The number of nitrogens with one attached hydrogen (secondary N) is 2. The first-order chi connectivity index (χ1) is 9.17. The second kappa shape index (κ2) is 4.40. The minimum absolute atomic E-state index is 0.242. The van der Waals surface area contributed by atoms with Gasteiger partial charge in [-0.05, 0) is 25.2 Å². The molecule has 0 aliphatic carbocycles. The lowest BCUT2D eigenvalue weighted by Gasteiger charge is -2.03. The first-order valence-electron chi connectivity index (χ1n) is 5.81. The Morgan fingerprint density at radius 2 is 2.16 bits per heavy atom. The average Bonchev–Trinajstić information content (AvgIpc) is 2.37. The van der Waals surface area contributed by atoms with Crippen molar-refractivity contribution in [1.29, 1.82) is 0 Å². The van der Waals surface area contributed by atoms with Crippen molar-refractivity contribution in [3.05, 3.63) is 46.3 Å². The van der Waals surface area contributed by atoms with E-state index in [2.05, 4.69) is 20.3 Å². The quantitative estimate of drug-likeness (QED) is 0.680. The van der Waals surface area contributed by atoms with Crippen molar-refractivity contribution in [2.75, 3.05) is 7.05 Å². The molecule has 0 aliphatic rings. The standard InChI is InChI=1S/C13H11FN4O/c1-15-6-11-17-12-9(13(19)18-11)4-7-2-3-8(14)5-10(7)16-12/h2-5,15H,6H2,1H3,(H,16,17,18,19). The van der Waals surface area contributed by atoms with E-state index in [1.807, 2.05) is 0 Å². The van der Waals surface area contributed by atoms with Gasteiger partial charge in [-0.2, -0.15) is 0 Å². The van der Waals surface area contributed by atoms with Gasteiger partial charge in [0.15, 0.2) is 5.65 Å². The van der Waals surface area contributed by atoms with Crippen molar-refractivity contribution < 1.29 is 4.39 Å². The summed E-state index contributed by atoms with van der Waals surface area (Å²) in [7, 11) is 1.76. The number of pyridine rings is 1. The summed E-state index contributed by atoms with van der Waals surface area (Å²) in [5, 5.41) is 4.01. The molecule has 0 saturated heterocycles. The van der Waals surface area contributed by atoms with Gasteiger partial charge >= 0.3 is 0 Å². The Labute approximate surface area is 107 Å². The van der Waals surface area contributed by atoms with Gasteiger partial charge in [-0.25, -0.2) is 14.4 Å². The molecule has 3 rings (SSSR count). The molecule has 3 aromatic rings. The number of aromatic nitrogens is 3. The van der Waals surface area contributed by atoms with E-state index in [1.54, 1.807) is 19.2 Å². The van der Waals surface area contributed by atoms with E-state index in [9.17, 15) is 9.18 Å². The van der Waals surface area contributed by atoms with Crippen LogP contribution in [0.5, 0.6) is 0 Å². The molecule has 0 bridgehead atoms. The topological polar surface area (TPSA) is 70.7 Å². The van der Waals surface area contributed by atoms with Gasteiger partial charge in [0.05, 0.1) is 17.4 Å². The number of rotatable bonds is 2. The van der Waals surface area contributed by atoms with Gasteiger partial charge in [-0.3, -0.25) is 4.79 Å². The summed E-state index contributed by atoms with van der Waals surface area (Å²) in [6.45, 7) is 0.439. The number of aromatic amines is 1. The molecule has 2 heterocycles. The summed E-state index contributed by atoms with van der Waals surface area (Å²) in [6.07, 6.45) is 0. The summed E-state index contributed by atoms with van der Waals surface area (Å²) >= 11 is 0. The van der Waals surface area contributed by atoms with Crippen LogP contribution in [0.2, 0.25) is 0 Å². The molecule has 0 saturated carbocycles. The van der Waals surface area contributed by atoms with Crippen molar-refractivity contribution in [3.8, 4) is 0 Å². The van der Waals surface area contributed by atoms with E-state index in [-0.39, 0.29) is 11.4 Å². The number of fused-ring (bicyclic) bond motifs is 2. The van der Waals surface area contributed by atoms with Gasteiger partial charge in [0.2, 0.25) is 0 Å². The Kier molecular flexibility index (Phi) is 2.72. The third-order valence-electron chi connectivity index (χ3n) is 2.85. The van der Waals surface area contributed by atoms with Gasteiger partial charge in [0, 0.05) is 11.5 Å². The zero-order chi connectivity index (χ0) is 13.4. The molecular weight excluding hydrogens is 247 g/mol. The molecule has 1 aromatic carbocycles. The lowest BCUT2D eigenvalue weighted by Crippen LogP contribution is -2.17. The fourth-order valence-corrected chi connectivity index (χ4v) is 1.99. The highest BCUT2D eigenvalue weighted by atomic mass is 19.1. The molecule has 6 heteroatoms. The lowest BCUT2D eigenvalue weighted by molar-refractivity contribution is 0.629. The average molecular weight is 258 g/mol. The van der Waals surface area contributed by atoms with Crippen LogP contribution < -0.4 is 10.9 Å². The number of benzene rings is 1. The third kappa shape index (κ3) is 2.06. The number of nitrogens with zero attached hydrogens (tertiary/aromatic N) is 2. The molecule has 2 N–H and O–H groups in total. The van der Waals surface area contributed by atoms with E-state index in [1.165, 1.54) is 12.1 Å². The molecule has 2 aromatic heterocycles. The van der Waals surface area contributed by atoms with E-state index < -0.39 is 0 Å². The van der Waals surface area contributed by atoms with E-state index in [4.69, 9.17) is 0 Å². The second-order valence-electron chi connectivity index (χ2n) is 4.24. The van der Waals surface area contributed by atoms with Crippen molar-refractivity contribution in [2.24, 2.45) is 0 Å². The number of hydrogen-bond acceptors (Lipinski definition) is 4. The molecule has 0 unspecified atom stereocenters. The Hall–Kier alpha value is -2.34. The molecule has 0 aliphatic heterocycles. The fraction of sp³-hybridized carbons (Fsp3) is 0.154. The summed E-state index contributed by atoms with van der Waals surface area (Å²) in [5.41, 5.74) is 0.571. The maximum Gasteiger partial charge on any atom is 0.260 e. The van der Waals surface area contributed by atoms with Crippen molar-refractivity contribution in [2.45, 2.75) is 6.54 Å². The Morgan fingerprint density at radius 3 is 2.95 bits per heavy atom. The van der Waals surface area contributed by atoms with Crippen molar-refractivity contribution in [3.63, 3.8) is 0 Å². The van der Waals surface area contributed by atoms with Crippen LogP contribution in [0.3, 0.4) is 0 Å². The maximum absolute atomic E-state index is 13.2. The number of H-pyrrole nitrogens is 1. The van der Waals surface area contributed by atoms with Crippen LogP contribution in [0.1, 0.15) is 5.82 Å². The Morgan fingerprint density at radius 1 is 1.32 bits per heavy atom. The Bertz CT molecular complexity index is 828. The zero-order valence-corrected chi connectivity index (χ0v) is 10.2. The normalized spacial score (nSPS) is 11.3. The molecule has 0 spiro atoms. The van der Waals surface area contributed by atoms with E-state index in [0.717, 1.165) is 0 Å². The van der Waals surface area contributed by atoms with Gasteiger partial charge in [0.1, 0.15) is 11.6 Å². The first kappa shape index (κ1) is 11.7. The fourth-order valence-electron chi connectivity index (χ4n) is 1.99. The van der Waals surface area contributed by atoms with Crippen LogP contribution in [0, 0.1) is 5.82 Å². The molecule has 5 nitrogen and oxygen atoms in total. The van der Waals surface area contributed by atoms with Crippen molar-refractivity contribution in [1.82, 2.24) is 20.3 Å². The number of hydrogen-bond donors (Lipinski definition) is 2. The highest BCUT2D eigenvalue weighted by Gasteiger charge is 2.07. The van der Waals surface area contributed by atoms with Gasteiger partial charge < -0.3 is 10.3 Å². The second-order valence-corrected chi connectivity index (χ2v) is 4.24. The van der Waals surface area contributed by atoms with Gasteiger partial charge in [-0.15, -0.1) is 0 Å².